The lowest BCUT2D eigenvalue weighted by Gasteiger charge is -2.39. The molecule has 1 aromatic heterocycles. The van der Waals surface area contributed by atoms with Gasteiger partial charge in [0.2, 0.25) is 0 Å². The molecule has 7 heteroatoms. The van der Waals surface area contributed by atoms with Gasteiger partial charge in [-0.25, -0.2) is 0 Å². The molecule has 2 N–H and O–H groups in total. The fourth-order valence-electron chi connectivity index (χ4n) is 4.02. The molecule has 0 saturated heterocycles. The monoisotopic (exact) mass is 393 g/mol. The Morgan fingerprint density at radius 3 is 2.79 bits per heavy atom. The van der Waals surface area contributed by atoms with Crippen molar-refractivity contribution in [3.05, 3.63) is 69.4 Å². The lowest BCUT2D eigenvalue weighted by molar-refractivity contribution is -0.116. The standard InChI is InChI=1S/C21H20ClN5O/c1-12-6-7-14(8-16(12)22)27-17-4-3-5-18(28)20(17)19(15(9-23)21(27)24)13-10-25-26(2)11-13/h6-8,10-11,19H,3-5,24H2,1-2H3/t19-/m0/s1. The van der Waals surface area contributed by atoms with E-state index in [4.69, 9.17) is 17.3 Å². The van der Waals surface area contributed by atoms with Crippen LogP contribution in [0, 0.1) is 18.3 Å². The summed E-state index contributed by atoms with van der Waals surface area (Å²) < 4.78 is 1.67. The first-order chi connectivity index (χ1) is 13.4. The molecule has 0 spiro atoms. The number of ketones is 1. The van der Waals surface area contributed by atoms with Crippen LogP contribution in [-0.2, 0) is 11.8 Å². The molecule has 2 aliphatic rings. The first kappa shape index (κ1) is 18.3. The molecule has 28 heavy (non-hydrogen) atoms. The van der Waals surface area contributed by atoms with Crippen LogP contribution >= 0.6 is 11.6 Å². The smallest absolute Gasteiger partial charge is 0.161 e. The van der Waals surface area contributed by atoms with Gasteiger partial charge in [0.15, 0.2) is 5.78 Å². The highest BCUT2D eigenvalue weighted by molar-refractivity contribution is 6.31. The zero-order chi connectivity index (χ0) is 20.0. The van der Waals surface area contributed by atoms with Gasteiger partial charge >= 0.3 is 0 Å². The number of nitrogens with zero attached hydrogens (tertiary/aromatic N) is 4. The Morgan fingerprint density at radius 2 is 2.14 bits per heavy atom. The van der Waals surface area contributed by atoms with Crippen LogP contribution in [0.4, 0.5) is 5.69 Å². The van der Waals surface area contributed by atoms with Gasteiger partial charge in [0.1, 0.15) is 5.82 Å². The predicted octanol–water partition coefficient (Wildman–Crippen LogP) is 3.69. The van der Waals surface area contributed by atoms with E-state index >= 15 is 0 Å². The lowest BCUT2D eigenvalue weighted by Crippen LogP contribution is -2.38. The van der Waals surface area contributed by atoms with Crippen LogP contribution in [0.2, 0.25) is 5.02 Å². The topological polar surface area (TPSA) is 87.9 Å². The molecule has 2 aromatic rings. The number of hydrogen-bond donors (Lipinski definition) is 1. The second-order valence-corrected chi connectivity index (χ2v) is 7.60. The van der Waals surface area contributed by atoms with Crippen LogP contribution in [0.3, 0.4) is 0 Å². The number of nitrogens with two attached hydrogens (primary N) is 1. The van der Waals surface area contributed by atoms with Gasteiger partial charge in [-0.2, -0.15) is 10.4 Å². The number of nitriles is 1. The highest BCUT2D eigenvalue weighted by atomic mass is 35.5. The van der Waals surface area contributed by atoms with Gasteiger partial charge in [-0.1, -0.05) is 17.7 Å². The number of carbonyl (C=O) groups excluding carboxylic acids is 1. The number of Topliss-reactive ketones (excluding diaryl/α,β-unsaturated/α-hetero) is 1. The molecule has 0 fully saturated rings. The zero-order valence-corrected chi connectivity index (χ0v) is 16.5. The molecule has 1 aromatic carbocycles. The number of aromatic nitrogens is 2. The highest BCUT2D eigenvalue weighted by Crippen LogP contribution is 2.46. The summed E-state index contributed by atoms with van der Waals surface area (Å²) in [5.41, 5.74) is 10.9. The minimum Gasteiger partial charge on any atom is -0.384 e. The van der Waals surface area contributed by atoms with Crippen molar-refractivity contribution in [2.24, 2.45) is 12.8 Å². The molecule has 1 aliphatic carbocycles. The van der Waals surface area contributed by atoms with Crippen molar-refractivity contribution in [3.63, 3.8) is 0 Å². The number of anilines is 1. The summed E-state index contributed by atoms with van der Waals surface area (Å²) in [5, 5.41) is 14.8. The normalized spacial score (nSPS) is 19.7. The Bertz CT molecular complexity index is 1090. The summed E-state index contributed by atoms with van der Waals surface area (Å²) in [6.07, 6.45) is 5.46. The summed E-state index contributed by atoms with van der Waals surface area (Å²) in [6, 6.07) is 7.90. The van der Waals surface area contributed by atoms with Gasteiger partial charge in [-0.05, 0) is 37.5 Å². The van der Waals surface area contributed by atoms with E-state index in [-0.39, 0.29) is 5.78 Å². The Kier molecular flexibility index (Phi) is 4.48. The second kappa shape index (κ2) is 6.84. The van der Waals surface area contributed by atoms with E-state index in [0.29, 0.717) is 34.8 Å². The van der Waals surface area contributed by atoms with Crippen molar-refractivity contribution in [3.8, 4) is 6.07 Å². The van der Waals surface area contributed by atoms with E-state index in [0.717, 1.165) is 28.9 Å². The van der Waals surface area contributed by atoms with Crippen molar-refractivity contribution in [2.75, 3.05) is 4.90 Å². The van der Waals surface area contributed by atoms with Crippen molar-refractivity contribution < 1.29 is 4.79 Å². The number of carbonyl (C=O) groups is 1. The number of hydrogen-bond acceptors (Lipinski definition) is 5. The maximum atomic E-state index is 13.0. The van der Waals surface area contributed by atoms with Gasteiger partial charge < -0.3 is 5.73 Å². The molecule has 0 saturated carbocycles. The van der Waals surface area contributed by atoms with Crippen LogP contribution in [0.5, 0.6) is 0 Å². The van der Waals surface area contributed by atoms with E-state index in [2.05, 4.69) is 11.2 Å². The SMILES string of the molecule is Cc1ccc(N2C(N)=C(C#N)[C@H](c3cnn(C)c3)C3=C2CCCC3=O)cc1Cl. The molecule has 0 radical (unpaired) electrons. The molecule has 1 aliphatic heterocycles. The van der Waals surface area contributed by atoms with E-state index in [1.807, 2.05) is 43.3 Å². The molecular weight excluding hydrogens is 374 g/mol. The molecule has 2 heterocycles. The van der Waals surface area contributed by atoms with Gasteiger partial charge in [-0.15, -0.1) is 0 Å². The summed E-state index contributed by atoms with van der Waals surface area (Å²) in [7, 11) is 1.81. The van der Waals surface area contributed by atoms with Gasteiger partial charge in [0.05, 0.1) is 23.8 Å². The molecular formula is C21H20ClN5O. The molecule has 0 amide bonds. The van der Waals surface area contributed by atoms with Gasteiger partial charge in [0, 0.05) is 47.2 Å². The van der Waals surface area contributed by atoms with Crippen LogP contribution < -0.4 is 10.6 Å². The average molecular weight is 394 g/mol. The number of halogens is 1. The summed E-state index contributed by atoms with van der Waals surface area (Å²) in [5.74, 6) is -0.0954. The third-order valence-electron chi connectivity index (χ3n) is 5.39. The number of benzene rings is 1. The van der Waals surface area contributed by atoms with Crippen molar-refractivity contribution in [1.82, 2.24) is 9.78 Å². The Morgan fingerprint density at radius 1 is 1.36 bits per heavy atom. The Balaban J connectivity index is 1.97. The number of rotatable bonds is 2. The van der Waals surface area contributed by atoms with Gasteiger partial charge in [0.25, 0.3) is 0 Å². The predicted molar refractivity (Wildman–Crippen MR) is 107 cm³/mol. The number of allylic oxidation sites excluding steroid dienone is 3. The van der Waals surface area contributed by atoms with E-state index in [1.54, 1.807) is 10.9 Å². The lowest BCUT2D eigenvalue weighted by atomic mass is 9.76. The van der Waals surface area contributed by atoms with Crippen LogP contribution in [0.25, 0.3) is 0 Å². The van der Waals surface area contributed by atoms with Crippen molar-refractivity contribution >= 4 is 23.1 Å². The van der Waals surface area contributed by atoms with Crippen LogP contribution in [-0.4, -0.2) is 15.6 Å². The summed E-state index contributed by atoms with van der Waals surface area (Å²) in [6.45, 7) is 1.93. The number of aryl methyl sites for hydroxylation is 2. The first-order valence-electron chi connectivity index (χ1n) is 9.13. The summed E-state index contributed by atoms with van der Waals surface area (Å²) in [4.78, 5) is 14.8. The second-order valence-electron chi connectivity index (χ2n) is 7.20. The minimum atomic E-state index is -0.487. The highest BCUT2D eigenvalue weighted by Gasteiger charge is 2.40. The Hall–Kier alpha value is -3.04. The fourth-order valence-corrected chi connectivity index (χ4v) is 4.20. The molecule has 0 bridgehead atoms. The Labute approximate surface area is 168 Å². The zero-order valence-electron chi connectivity index (χ0n) is 15.7. The largest absolute Gasteiger partial charge is 0.384 e. The third-order valence-corrected chi connectivity index (χ3v) is 5.79. The molecule has 6 nitrogen and oxygen atoms in total. The maximum Gasteiger partial charge on any atom is 0.161 e. The maximum absolute atomic E-state index is 13.0. The molecule has 1 atom stereocenters. The first-order valence-corrected chi connectivity index (χ1v) is 9.51. The summed E-state index contributed by atoms with van der Waals surface area (Å²) >= 11 is 6.34. The van der Waals surface area contributed by atoms with E-state index < -0.39 is 5.92 Å². The molecule has 4 rings (SSSR count). The van der Waals surface area contributed by atoms with Crippen molar-refractivity contribution in [2.45, 2.75) is 32.1 Å². The quantitative estimate of drug-likeness (QED) is 0.840. The molecule has 0 unspecified atom stereocenters. The fraction of sp³-hybridized carbons (Fsp3) is 0.286. The average Bonchev–Trinajstić information content (AvgIpc) is 3.09. The van der Waals surface area contributed by atoms with Gasteiger partial charge in [-0.3, -0.25) is 14.4 Å². The van der Waals surface area contributed by atoms with Crippen LogP contribution in [0.1, 0.15) is 36.3 Å². The third kappa shape index (κ3) is 2.79. The van der Waals surface area contributed by atoms with Crippen LogP contribution in [0.15, 0.2) is 53.3 Å². The van der Waals surface area contributed by atoms with E-state index in [9.17, 15) is 10.1 Å². The minimum absolute atomic E-state index is 0.0542. The van der Waals surface area contributed by atoms with Crippen molar-refractivity contribution in [1.29, 1.82) is 5.26 Å². The van der Waals surface area contributed by atoms with E-state index in [1.165, 1.54) is 0 Å². The molecule has 142 valence electrons.